The Hall–Kier alpha value is -2.44. The van der Waals surface area contributed by atoms with Crippen molar-refractivity contribution >= 4 is 39.3 Å². The largest absolute Gasteiger partial charge is 0.404 e. The summed E-state index contributed by atoms with van der Waals surface area (Å²) in [4.78, 5) is 12.0. The van der Waals surface area contributed by atoms with Crippen LogP contribution in [-0.4, -0.2) is 31.1 Å². The Morgan fingerprint density at radius 1 is 1.23 bits per heavy atom. The van der Waals surface area contributed by atoms with E-state index in [4.69, 9.17) is 11.6 Å². The maximum Gasteiger partial charge on any atom is 0.404 e. The predicted octanol–water partition coefficient (Wildman–Crippen LogP) is 3.93. The van der Waals surface area contributed by atoms with E-state index in [1.807, 2.05) is 0 Å². The van der Waals surface area contributed by atoms with Gasteiger partial charge >= 0.3 is 6.18 Å². The van der Waals surface area contributed by atoms with Crippen LogP contribution in [-0.2, 0) is 16.6 Å². The first-order chi connectivity index (χ1) is 13.8. The number of carbonyl (C=O) groups excluding carboxylic acids is 1. The summed E-state index contributed by atoms with van der Waals surface area (Å²) in [6.07, 6.45) is -2.07. The molecule has 0 spiro atoms. The summed E-state index contributed by atoms with van der Waals surface area (Å²) in [5, 5.41) is 1.65. The van der Waals surface area contributed by atoms with E-state index in [0.717, 1.165) is 12.1 Å². The van der Waals surface area contributed by atoms with Crippen molar-refractivity contribution in [1.82, 2.24) is 9.29 Å². The summed E-state index contributed by atoms with van der Waals surface area (Å²) in [5.41, 5.74) is -0.580. The smallest absolute Gasteiger partial charge is 0.331 e. The van der Waals surface area contributed by atoms with E-state index in [1.165, 1.54) is 21.4 Å². The zero-order valence-electron chi connectivity index (χ0n) is 15.0. The molecule has 0 aliphatic carbocycles. The highest BCUT2D eigenvalue weighted by atomic mass is 35.5. The summed E-state index contributed by atoms with van der Waals surface area (Å²) in [6, 6.07) is 0.145. The predicted molar refractivity (Wildman–Crippen MR) is 98.6 cm³/mol. The first-order valence-corrected chi connectivity index (χ1v) is 10.1. The number of benzene rings is 1. The number of anilines is 1. The van der Waals surface area contributed by atoms with Crippen LogP contribution in [0, 0.1) is 11.6 Å². The van der Waals surface area contributed by atoms with E-state index in [2.05, 4.69) is 5.32 Å². The molecule has 0 fully saturated rings. The minimum absolute atomic E-state index is 0.0277. The molecule has 0 saturated carbocycles. The molecule has 6 nitrogen and oxygen atoms in total. The summed E-state index contributed by atoms with van der Waals surface area (Å²) in [5.74, 6) is -3.33. The molecule has 13 heteroatoms. The topological polar surface area (TPSA) is 80.2 Å². The van der Waals surface area contributed by atoms with Gasteiger partial charge in [0.15, 0.2) is 11.6 Å². The standard InChI is InChI=1S/C17H13ClF5N3O3S/c1-8(17(21,22)23)25-30(28,29)15-12-3-2-6-26(12)14(13(15)18)16(27)24-9-4-5-10(19)11(20)7-9/h2-5,7-8,25H,6H2,1H3,(H,24,27)/t8-/m1/s1. The van der Waals surface area contributed by atoms with Crippen molar-refractivity contribution in [3.63, 3.8) is 0 Å². The maximum atomic E-state index is 13.4. The van der Waals surface area contributed by atoms with Crippen molar-refractivity contribution in [2.24, 2.45) is 0 Å². The van der Waals surface area contributed by atoms with Gasteiger partial charge in [0.25, 0.3) is 5.91 Å². The van der Waals surface area contributed by atoms with Crippen molar-refractivity contribution in [2.45, 2.75) is 30.6 Å². The molecule has 162 valence electrons. The Morgan fingerprint density at radius 3 is 2.50 bits per heavy atom. The molecular weight excluding hydrogens is 457 g/mol. The van der Waals surface area contributed by atoms with Crippen molar-refractivity contribution in [2.75, 3.05) is 5.32 Å². The van der Waals surface area contributed by atoms with Crippen LogP contribution in [0.5, 0.6) is 0 Å². The Labute approximate surface area is 172 Å². The Kier molecular flexibility index (Phi) is 5.69. The molecule has 1 atom stereocenters. The maximum absolute atomic E-state index is 13.4. The third-order valence-corrected chi connectivity index (χ3v) is 6.34. The first kappa shape index (κ1) is 22.2. The third-order valence-electron chi connectivity index (χ3n) is 4.25. The fourth-order valence-corrected chi connectivity index (χ4v) is 4.90. The number of halogens is 6. The van der Waals surface area contributed by atoms with Crippen molar-refractivity contribution in [3.05, 3.63) is 52.3 Å². The first-order valence-electron chi connectivity index (χ1n) is 8.27. The fraction of sp³-hybridized carbons (Fsp3) is 0.235. The van der Waals surface area contributed by atoms with Gasteiger partial charge in [-0.3, -0.25) is 4.79 Å². The lowest BCUT2D eigenvalue weighted by molar-refractivity contribution is -0.147. The van der Waals surface area contributed by atoms with Crippen LogP contribution in [0.4, 0.5) is 27.6 Å². The number of nitrogens with zero attached hydrogens (tertiary/aromatic N) is 1. The van der Waals surface area contributed by atoms with Gasteiger partial charge in [-0.25, -0.2) is 17.2 Å². The average Bonchev–Trinajstić information content (AvgIpc) is 3.15. The van der Waals surface area contributed by atoms with E-state index in [0.29, 0.717) is 13.0 Å². The Bertz CT molecular complexity index is 1160. The number of allylic oxidation sites excluding steroid dienone is 1. The third kappa shape index (κ3) is 4.07. The van der Waals surface area contributed by atoms with E-state index in [1.54, 1.807) is 0 Å². The number of aromatic nitrogens is 1. The van der Waals surface area contributed by atoms with Crippen LogP contribution in [0.1, 0.15) is 23.1 Å². The highest BCUT2D eigenvalue weighted by molar-refractivity contribution is 7.89. The van der Waals surface area contributed by atoms with E-state index >= 15 is 0 Å². The van der Waals surface area contributed by atoms with Crippen LogP contribution in [0.25, 0.3) is 6.08 Å². The van der Waals surface area contributed by atoms with Crippen LogP contribution in [0.15, 0.2) is 29.2 Å². The zero-order valence-corrected chi connectivity index (χ0v) is 16.6. The number of fused-ring (bicyclic) bond motifs is 1. The molecule has 1 aromatic heterocycles. The van der Waals surface area contributed by atoms with E-state index < -0.39 is 49.7 Å². The number of amides is 1. The second kappa shape index (κ2) is 7.67. The highest BCUT2D eigenvalue weighted by Crippen LogP contribution is 2.36. The molecule has 1 amide bonds. The molecular formula is C17H13ClF5N3O3S. The van der Waals surface area contributed by atoms with Crippen molar-refractivity contribution in [1.29, 1.82) is 0 Å². The van der Waals surface area contributed by atoms with Crippen LogP contribution in [0.2, 0.25) is 5.02 Å². The minimum Gasteiger partial charge on any atom is -0.331 e. The van der Waals surface area contributed by atoms with Crippen LogP contribution >= 0.6 is 11.6 Å². The molecule has 0 saturated heterocycles. The monoisotopic (exact) mass is 469 g/mol. The summed E-state index contributed by atoms with van der Waals surface area (Å²) in [7, 11) is -4.76. The summed E-state index contributed by atoms with van der Waals surface area (Å²) >= 11 is 6.10. The van der Waals surface area contributed by atoms with Gasteiger partial charge in [0, 0.05) is 18.3 Å². The van der Waals surface area contributed by atoms with Gasteiger partial charge < -0.3 is 9.88 Å². The number of carbonyl (C=O) groups is 1. The molecule has 1 aliphatic rings. The Morgan fingerprint density at radius 2 is 1.90 bits per heavy atom. The van der Waals surface area contributed by atoms with Gasteiger partial charge in [-0.05, 0) is 25.1 Å². The molecule has 1 aliphatic heterocycles. The normalized spacial score (nSPS) is 14.6. The lowest BCUT2D eigenvalue weighted by Gasteiger charge is -2.17. The minimum atomic E-state index is -4.84. The number of hydrogen-bond acceptors (Lipinski definition) is 3. The Balaban J connectivity index is 2.01. The molecule has 0 radical (unpaired) electrons. The van der Waals surface area contributed by atoms with Crippen LogP contribution in [0.3, 0.4) is 0 Å². The molecule has 2 heterocycles. The van der Waals surface area contributed by atoms with Gasteiger partial charge in [0.05, 0.1) is 10.7 Å². The number of alkyl halides is 3. The number of rotatable bonds is 5. The van der Waals surface area contributed by atoms with Gasteiger partial charge in [0.2, 0.25) is 10.0 Å². The average molecular weight is 470 g/mol. The van der Waals surface area contributed by atoms with Gasteiger partial charge in [-0.2, -0.15) is 17.9 Å². The van der Waals surface area contributed by atoms with Gasteiger partial charge in [0.1, 0.15) is 16.6 Å². The number of nitrogens with one attached hydrogen (secondary N) is 2. The number of hydrogen-bond donors (Lipinski definition) is 2. The zero-order chi connectivity index (χ0) is 22.4. The molecule has 30 heavy (non-hydrogen) atoms. The molecule has 1 aromatic carbocycles. The molecule has 2 aromatic rings. The second-order valence-corrected chi connectivity index (χ2v) is 8.39. The second-order valence-electron chi connectivity index (χ2n) is 6.36. The SMILES string of the molecule is C[C@@H](NS(=O)(=O)c1c(Cl)c(C(=O)Nc2ccc(F)c(F)c2)n2c1C=CC2)C(F)(F)F. The molecule has 2 N–H and O–H groups in total. The number of sulfonamides is 1. The highest BCUT2D eigenvalue weighted by Gasteiger charge is 2.41. The van der Waals surface area contributed by atoms with Crippen LogP contribution < -0.4 is 10.0 Å². The summed E-state index contributed by atoms with van der Waals surface area (Å²) < 4.78 is 92.7. The van der Waals surface area contributed by atoms with Gasteiger partial charge in [-0.15, -0.1) is 0 Å². The quantitative estimate of drug-likeness (QED) is 0.651. The lowest BCUT2D eigenvalue weighted by atomic mass is 10.3. The van der Waals surface area contributed by atoms with E-state index in [9.17, 15) is 35.2 Å². The summed E-state index contributed by atoms with van der Waals surface area (Å²) in [6.45, 7) is 0.647. The van der Waals surface area contributed by atoms with Crippen molar-refractivity contribution < 1.29 is 35.2 Å². The molecule has 0 bridgehead atoms. The molecule has 0 unspecified atom stereocenters. The fourth-order valence-electron chi connectivity index (χ4n) is 2.81. The lowest BCUT2D eigenvalue weighted by Crippen LogP contribution is -2.43. The molecule has 3 rings (SSSR count). The van der Waals surface area contributed by atoms with Crippen molar-refractivity contribution in [3.8, 4) is 0 Å². The van der Waals surface area contributed by atoms with E-state index in [-0.39, 0.29) is 23.6 Å². The van der Waals surface area contributed by atoms with Gasteiger partial charge in [-0.1, -0.05) is 17.7 Å².